The molecule has 1 unspecified atom stereocenters. The van der Waals surface area contributed by atoms with E-state index < -0.39 is 10.8 Å². The standard InChI is InChI=1S/C16H26FNOS/c1-2-3-4-5-6-7-8-9-12-20(19)16-11-10-14(17)13-15(16)18/h10-11,13H,2-9,12,18H2,1H3. The second kappa shape index (κ2) is 9.92. The third-order valence-electron chi connectivity index (χ3n) is 3.40. The van der Waals surface area contributed by atoms with Gasteiger partial charge in [0.2, 0.25) is 0 Å². The second-order valence-corrected chi connectivity index (χ2v) is 6.75. The van der Waals surface area contributed by atoms with Crippen LogP contribution in [-0.2, 0) is 10.8 Å². The van der Waals surface area contributed by atoms with Crippen LogP contribution in [0, 0.1) is 5.82 Å². The van der Waals surface area contributed by atoms with Gasteiger partial charge in [-0.2, -0.15) is 0 Å². The molecule has 2 nitrogen and oxygen atoms in total. The van der Waals surface area contributed by atoms with Crippen LogP contribution in [0.1, 0.15) is 58.3 Å². The summed E-state index contributed by atoms with van der Waals surface area (Å²) in [6, 6.07) is 4.09. The molecule has 1 aromatic carbocycles. The molecule has 0 fully saturated rings. The number of unbranched alkanes of at least 4 members (excludes halogenated alkanes) is 7. The van der Waals surface area contributed by atoms with Gasteiger partial charge in [-0.25, -0.2) is 4.39 Å². The van der Waals surface area contributed by atoms with Gasteiger partial charge in [0.1, 0.15) is 5.82 Å². The average Bonchev–Trinajstić information content (AvgIpc) is 2.41. The van der Waals surface area contributed by atoms with Crippen molar-refractivity contribution in [3.63, 3.8) is 0 Å². The Hall–Kier alpha value is -0.900. The molecule has 0 radical (unpaired) electrons. The number of nitrogen functional groups attached to an aromatic ring is 1. The zero-order valence-electron chi connectivity index (χ0n) is 12.4. The fourth-order valence-corrected chi connectivity index (χ4v) is 3.43. The number of nitrogens with two attached hydrogens (primary N) is 1. The number of hydrogen-bond acceptors (Lipinski definition) is 2. The van der Waals surface area contributed by atoms with Crippen molar-refractivity contribution in [3.05, 3.63) is 24.0 Å². The van der Waals surface area contributed by atoms with E-state index in [1.165, 1.54) is 56.7 Å². The van der Waals surface area contributed by atoms with Crippen LogP contribution in [0.25, 0.3) is 0 Å². The Labute approximate surface area is 124 Å². The Bertz CT molecular complexity index is 423. The van der Waals surface area contributed by atoms with E-state index in [2.05, 4.69) is 6.92 Å². The van der Waals surface area contributed by atoms with Gasteiger partial charge in [0.05, 0.1) is 21.4 Å². The maximum Gasteiger partial charge on any atom is 0.125 e. The molecule has 0 spiro atoms. The van der Waals surface area contributed by atoms with Crippen LogP contribution in [0.5, 0.6) is 0 Å². The molecular formula is C16H26FNOS. The minimum atomic E-state index is -1.11. The SMILES string of the molecule is CCCCCCCCCCS(=O)c1ccc(F)cc1N. The van der Waals surface area contributed by atoms with Gasteiger partial charge in [-0.1, -0.05) is 51.9 Å². The van der Waals surface area contributed by atoms with Gasteiger partial charge in [0.15, 0.2) is 0 Å². The van der Waals surface area contributed by atoms with Crippen molar-refractivity contribution in [3.8, 4) is 0 Å². The Morgan fingerprint density at radius 3 is 2.25 bits per heavy atom. The highest BCUT2D eigenvalue weighted by molar-refractivity contribution is 7.85. The predicted molar refractivity (Wildman–Crippen MR) is 84.7 cm³/mol. The van der Waals surface area contributed by atoms with Crippen LogP contribution in [0.15, 0.2) is 23.1 Å². The third kappa shape index (κ3) is 6.51. The minimum Gasteiger partial charge on any atom is -0.398 e. The van der Waals surface area contributed by atoms with Crippen LogP contribution >= 0.6 is 0 Å². The Morgan fingerprint density at radius 2 is 1.65 bits per heavy atom. The summed E-state index contributed by atoms with van der Waals surface area (Å²) >= 11 is 0. The topological polar surface area (TPSA) is 43.1 Å². The summed E-state index contributed by atoms with van der Waals surface area (Å²) in [5.41, 5.74) is 5.98. The van der Waals surface area contributed by atoms with Gasteiger partial charge < -0.3 is 5.73 Å². The largest absolute Gasteiger partial charge is 0.398 e. The van der Waals surface area contributed by atoms with Crippen LogP contribution < -0.4 is 5.73 Å². The summed E-state index contributed by atoms with van der Waals surface area (Å²) in [6.45, 7) is 2.22. The lowest BCUT2D eigenvalue weighted by molar-refractivity contribution is 0.584. The Morgan fingerprint density at radius 1 is 1.05 bits per heavy atom. The first-order valence-electron chi connectivity index (χ1n) is 7.58. The maximum absolute atomic E-state index is 12.9. The van der Waals surface area contributed by atoms with Crippen molar-refractivity contribution in [1.29, 1.82) is 0 Å². The van der Waals surface area contributed by atoms with Gasteiger partial charge >= 0.3 is 0 Å². The fraction of sp³-hybridized carbons (Fsp3) is 0.625. The first-order chi connectivity index (χ1) is 9.65. The van der Waals surface area contributed by atoms with E-state index in [1.807, 2.05) is 0 Å². The van der Waals surface area contributed by atoms with Gasteiger partial charge in [0, 0.05) is 5.75 Å². The molecule has 0 bridgehead atoms. The van der Waals surface area contributed by atoms with Crippen molar-refractivity contribution in [2.24, 2.45) is 0 Å². The molecule has 0 heterocycles. The van der Waals surface area contributed by atoms with E-state index in [-0.39, 0.29) is 5.82 Å². The second-order valence-electron chi connectivity index (χ2n) is 5.21. The molecule has 0 saturated carbocycles. The number of anilines is 1. The highest BCUT2D eigenvalue weighted by atomic mass is 32.2. The Balaban J connectivity index is 2.17. The maximum atomic E-state index is 12.9. The Kier molecular flexibility index (Phi) is 8.51. The van der Waals surface area contributed by atoms with Crippen LogP contribution in [-0.4, -0.2) is 9.96 Å². The monoisotopic (exact) mass is 299 g/mol. The van der Waals surface area contributed by atoms with Crippen LogP contribution in [0.3, 0.4) is 0 Å². The van der Waals surface area contributed by atoms with Gasteiger partial charge in [-0.05, 0) is 24.6 Å². The van der Waals surface area contributed by atoms with Crippen LogP contribution in [0.2, 0.25) is 0 Å². The van der Waals surface area contributed by atoms with Crippen molar-refractivity contribution in [1.82, 2.24) is 0 Å². The summed E-state index contributed by atoms with van der Waals surface area (Å²) in [4.78, 5) is 0.564. The van der Waals surface area contributed by atoms with E-state index in [0.29, 0.717) is 16.3 Å². The summed E-state index contributed by atoms with van der Waals surface area (Å²) < 4.78 is 25.0. The van der Waals surface area contributed by atoms with E-state index >= 15 is 0 Å². The van der Waals surface area contributed by atoms with E-state index in [9.17, 15) is 8.60 Å². The highest BCUT2D eigenvalue weighted by Crippen LogP contribution is 2.19. The number of halogens is 1. The lowest BCUT2D eigenvalue weighted by atomic mass is 10.1. The molecule has 0 aromatic heterocycles. The lowest BCUT2D eigenvalue weighted by Crippen LogP contribution is -2.02. The molecule has 20 heavy (non-hydrogen) atoms. The molecule has 1 aromatic rings. The van der Waals surface area contributed by atoms with Gasteiger partial charge in [-0.3, -0.25) is 4.21 Å². The molecule has 0 amide bonds. The molecular weight excluding hydrogens is 273 g/mol. The molecule has 0 aliphatic rings. The lowest BCUT2D eigenvalue weighted by Gasteiger charge is -2.06. The summed E-state index contributed by atoms with van der Waals surface area (Å²) in [5.74, 6) is 0.237. The quantitative estimate of drug-likeness (QED) is 0.504. The molecule has 0 aliphatic heterocycles. The van der Waals surface area contributed by atoms with E-state index in [1.54, 1.807) is 0 Å². The summed E-state index contributed by atoms with van der Waals surface area (Å²) in [6.07, 6.45) is 9.77. The predicted octanol–water partition coefficient (Wildman–Crippen LogP) is 4.66. The van der Waals surface area contributed by atoms with E-state index in [4.69, 9.17) is 5.73 Å². The van der Waals surface area contributed by atoms with Crippen molar-refractivity contribution >= 4 is 16.5 Å². The summed E-state index contributed by atoms with van der Waals surface area (Å²) in [5, 5.41) is 0. The van der Waals surface area contributed by atoms with Crippen LogP contribution in [0.4, 0.5) is 10.1 Å². The van der Waals surface area contributed by atoms with E-state index in [0.717, 1.165) is 12.8 Å². The molecule has 1 rings (SSSR count). The van der Waals surface area contributed by atoms with Gasteiger partial charge in [0.25, 0.3) is 0 Å². The smallest absolute Gasteiger partial charge is 0.125 e. The zero-order chi connectivity index (χ0) is 14.8. The first kappa shape index (κ1) is 17.2. The highest BCUT2D eigenvalue weighted by Gasteiger charge is 2.08. The molecule has 2 N–H and O–H groups in total. The molecule has 1 atom stereocenters. The normalized spacial score (nSPS) is 12.5. The van der Waals surface area contributed by atoms with Crippen molar-refractivity contribution in [2.45, 2.75) is 63.2 Å². The molecule has 0 aliphatic carbocycles. The number of rotatable bonds is 10. The third-order valence-corrected chi connectivity index (χ3v) is 4.92. The molecule has 4 heteroatoms. The minimum absolute atomic E-state index is 0.294. The van der Waals surface area contributed by atoms with Crippen molar-refractivity contribution in [2.75, 3.05) is 11.5 Å². The first-order valence-corrected chi connectivity index (χ1v) is 8.90. The number of benzene rings is 1. The van der Waals surface area contributed by atoms with Crippen molar-refractivity contribution < 1.29 is 8.60 Å². The fourth-order valence-electron chi connectivity index (χ4n) is 2.20. The van der Waals surface area contributed by atoms with Gasteiger partial charge in [-0.15, -0.1) is 0 Å². The molecule has 0 saturated heterocycles. The summed E-state index contributed by atoms with van der Waals surface area (Å²) in [7, 11) is -1.11. The number of hydrogen-bond donors (Lipinski definition) is 1. The zero-order valence-corrected chi connectivity index (χ0v) is 13.2. The molecule has 114 valence electrons. The average molecular weight is 299 g/mol.